The number of nitrogens with one attached hydrogen (secondary N) is 1. The van der Waals surface area contributed by atoms with Gasteiger partial charge >= 0.3 is 11.9 Å². The maximum Gasteiger partial charge on any atom is 0.331 e. The van der Waals surface area contributed by atoms with Crippen molar-refractivity contribution in [2.24, 2.45) is 0 Å². The van der Waals surface area contributed by atoms with Gasteiger partial charge in [0.1, 0.15) is 0 Å². The first kappa shape index (κ1) is 18.9. The smallest absolute Gasteiger partial charge is 0.331 e. The maximum atomic E-state index is 11.9. The minimum absolute atomic E-state index is 0.0311. The highest BCUT2D eigenvalue weighted by Gasteiger charge is 2.12. The molecule has 0 atom stereocenters. The number of benzene rings is 1. The average molecular weight is 341 g/mol. The van der Waals surface area contributed by atoms with Gasteiger partial charge in [0.2, 0.25) is 10.0 Å². The molecule has 23 heavy (non-hydrogen) atoms. The highest BCUT2D eigenvalue weighted by atomic mass is 32.2. The molecule has 1 rings (SSSR count). The van der Waals surface area contributed by atoms with Crippen molar-refractivity contribution in [1.29, 1.82) is 0 Å². The summed E-state index contributed by atoms with van der Waals surface area (Å²) in [6, 6.07) is 7.96. The SMILES string of the molecule is CCOC(=O)/C=C/C(=O)OCCCNS(=O)(=O)c1ccccc1. The monoisotopic (exact) mass is 341 g/mol. The Balaban J connectivity index is 2.25. The molecule has 0 bridgehead atoms. The number of rotatable bonds is 9. The lowest BCUT2D eigenvalue weighted by molar-refractivity contribution is -0.140. The second kappa shape index (κ2) is 9.75. The Kier molecular flexibility index (Phi) is 8.00. The van der Waals surface area contributed by atoms with E-state index in [4.69, 9.17) is 4.74 Å². The van der Waals surface area contributed by atoms with Gasteiger partial charge in [-0.2, -0.15) is 0 Å². The number of esters is 2. The van der Waals surface area contributed by atoms with E-state index in [1.807, 2.05) is 0 Å². The van der Waals surface area contributed by atoms with Crippen molar-refractivity contribution < 1.29 is 27.5 Å². The van der Waals surface area contributed by atoms with Crippen molar-refractivity contribution in [1.82, 2.24) is 4.72 Å². The molecule has 8 heteroatoms. The fourth-order valence-corrected chi connectivity index (χ4v) is 2.60. The summed E-state index contributed by atoms with van der Waals surface area (Å²) in [5.41, 5.74) is 0. The lowest BCUT2D eigenvalue weighted by atomic mass is 10.4. The Labute approximate surface area is 135 Å². The summed E-state index contributed by atoms with van der Waals surface area (Å²) >= 11 is 0. The van der Waals surface area contributed by atoms with Crippen LogP contribution in [-0.2, 0) is 29.1 Å². The first-order valence-corrected chi connectivity index (χ1v) is 8.50. The molecule has 0 aliphatic heterocycles. The molecule has 126 valence electrons. The van der Waals surface area contributed by atoms with E-state index in [-0.39, 0.29) is 24.7 Å². The van der Waals surface area contributed by atoms with E-state index in [9.17, 15) is 18.0 Å². The van der Waals surface area contributed by atoms with Gasteiger partial charge in [-0.15, -0.1) is 0 Å². The van der Waals surface area contributed by atoms with Gasteiger partial charge in [-0.1, -0.05) is 18.2 Å². The van der Waals surface area contributed by atoms with Gasteiger partial charge in [0.25, 0.3) is 0 Å². The van der Waals surface area contributed by atoms with Crippen molar-refractivity contribution in [2.75, 3.05) is 19.8 Å². The van der Waals surface area contributed by atoms with Crippen molar-refractivity contribution in [3.05, 3.63) is 42.5 Å². The number of carbonyl (C=O) groups excluding carboxylic acids is 2. The third kappa shape index (κ3) is 7.57. The molecule has 0 amide bonds. The Morgan fingerprint density at radius 1 is 1.09 bits per heavy atom. The van der Waals surface area contributed by atoms with E-state index in [0.717, 1.165) is 12.2 Å². The Bertz CT molecular complexity index is 639. The van der Waals surface area contributed by atoms with E-state index in [1.165, 1.54) is 12.1 Å². The van der Waals surface area contributed by atoms with Gasteiger partial charge in [-0.05, 0) is 25.5 Å². The number of hydrogen-bond acceptors (Lipinski definition) is 6. The third-order valence-corrected chi connectivity index (χ3v) is 4.03. The molecule has 0 aliphatic carbocycles. The lowest BCUT2D eigenvalue weighted by Gasteiger charge is -2.06. The van der Waals surface area contributed by atoms with E-state index in [0.29, 0.717) is 6.42 Å². The summed E-state index contributed by atoms with van der Waals surface area (Å²) in [6.45, 7) is 2.04. The minimum Gasteiger partial charge on any atom is -0.463 e. The first-order chi connectivity index (χ1) is 11.0. The van der Waals surface area contributed by atoms with Crippen LogP contribution in [0.5, 0.6) is 0 Å². The van der Waals surface area contributed by atoms with Crippen LogP contribution >= 0.6 is 0 Å². The summed E-state index contributed by atoms with van der Waals surface area (Å²) < 4.78 is 35.6. The molecule has 7 nitrogen and oxygen atoms in total. The van der Waals surface area contributed by atoms with Crippen LogP contribution in [0, 0.1) is 0 Å². The lowest BCUT2D eigenvalue weighted by Crippen LogP contribution is -2.25. The summed E-state index contributed by atoms with van der Waals surface area (Å²) in [5, 5.41) is 0. The van der Waals surface area contributed by atoms with E-state index in [2.05, 4.69) is 9.46 Å². The molecule has 0 radical (unpaired) electrons. The van der Waals surface area contributed by atoms with Crippen LogP contribution in [0.4, 0.5) is 0 Å². The molecule has 1 aromatic rings. The van der Waals surface area contributed by atoms with Gasteiger partial charge in [0.15, 0.2) is 0 Å². The van der Waals surface area contributed by atoms with Crippen molar-refractivity contribution >= 4 is 22.0 Å². The predicted octanol–water partition coefficient (Wildman–Crippen LogP) is 1.02. The fraction of sp³-hybridized carbons (Fsp3) is 0.333. The van der Waals surface area contributed by atoms with E-state index in [1.54, 1.807) is 25.1 Å². The zero-order valence-electron chi connectivity index (χ0n) is 12.7. The zero-order valence-corrected chi connectivity index (χ0v) is 13.5. The van der Waals surface area contributed by atoms with Crippen LogP contribution in [0.2, 0.25) is 0 Å². The quantitative estimate of drug-likeness (QED) is 0.409. The van der Waals surface area contributed by atoms with Crippen LogP contribution in [-0.4, -0.2) is 40.1 Å². The molecule has 0 unspecified atom stereocenters. The fourth-order valence-electron chi connectivity index (χ4n) is 1.51. The minimum atomic E-state index is -3.55. The first-order valence-electron chi connectivity index (χ1n) is 7.02. The summed E-state index contributed by atoms with van der Waals surface area (Å²) in [5.74, 6) is -1.32. The zero-order chi connectivity index (χ0) is 17.1. The standard InChI is InChI=1S/C15H19NO6S/c1-2-21-14(17)9-10-15(18)22-12-6-11-16-23(19,20)13-7-4-3-5-8-13/h3-5,7-10,16H,2,6,11-12H2,1H3/b10-9+. The molecule has 0 aliphatic rings. The molecule has 0 fully saturated rings. The van der Waals surface area contributed by atoms with Gasteiger partial charge < -0.3 is 9.47 Å². The molecule has 0 heterocycles. The van der Waals surface area contributed by atoms with Crippen LogP contribution in [0.1, 0.15) is 13.3 Å². The largest absolute Gasteiger partial charge is 0.463 e. The maximum absolute atomic E-state index is 11.9. The molecule has 1 aromatic carbocycles. The second-order valence-electron chi connectivity index (χ2n) is 4.32. The topological polar surface area (TPSA) is 98.8 Å². The summed E-state index contributed by atoms with van der Waals surface area (Å²) in [4.78, 5) is 22.4. The van der Waals surface area contributed by atoms with Gasteiger partial charge in [0.05, 0.1) is 18.1 Å². The van der Waals surface area contributed by atoms with Gasteiger partial charge in [0, 0.05) is 18.7 Å². The van der Waals surface area contributed by atoms with Crippen molar-refractivity contribution in [3.63, 3.8) is 0 Å². The Hall–Kier alpha value is -2.19. The van der Waals surface area contributed by atoms with Crippen LogP contribution < -0.4 is 4.72 Å². The van der Waals surface area contributed by atoms with E-state index >= 15 is 0 Å². The molecule has 0 saturated heterocycles. The van der Waals surface area contributed by atoms with Crippen molar-refractivity contribution in [3.8, 4) is 0 Å². The van der Waals surface area contributed by atoms with Crippen LogP contribution in [0.15, 0.2) is 47.4 Å². The van der Waals surface area contributed by atoms with Crippen LogP contribution in [0.3, 0.4) is 0 Å². The van der Waals surface area contributed by atoms with E-state index < -0.39 is 22.0 Å². The molecule has 0 spiro atoms. The highest BCUT2D eigenvalue weighted by molar-refractivity contribution is 7.89. The number of carbonyl (C=O) groups is 2. The van der Waals surface area contributed by atoms with Crippen molar-refractivity contribution in [2.45, 2.75) is 18.2 Å². The number of ether oxygens (including phenoxy) is 2. The van der Waals surface area contributed by atoms with Gasteiger partial charge in [-0.3, -0.25) is 0 Å². The number of hydrogen-bond donors (Lipinski definition) is 1. The molecule has 1 N–H and O–H groups in total. The normalized spacial score (nSPS) is 11.3. The Morgan fingerprint density at radius 3 is 2.30 bits per heavy atom. The Morgan fingerprint density at radius 2 is 1.70 bits per heavy atom. The molecular weight excluding hydrogens is 322 g/mol. The predicted molar refractivity (Wildman–Crippen MR) is 83.0 cm³/mol. The molecule has 0 saturated carbocycles. The summed E-state index contributed by atoms with van der Waals surface area (Å²) in [6.07, 6.45) is 2.25. The highest BCUT2D eigenvalue weighted by Crippen LogP contribution is 2.06. The molecular formula is C15H19NO6S. The third-order valence-electron chi connectivity index (χ3n) is 2.55. The van der Waals surface area contributed by atoms with Crippen LogP contribution in [0.25, 0.3) is 0 Å². The summed E-state index contributed by atoms with van der Waals surface area (Å²) in [7, 11) is -3.55. The molecule has 0 aromatic heterocycles. The number of sulfonamides is 1. The average Bonchev–Trinajstić information content (AvgIpc) is 2.53. The second-order valence-corrected chi connectivity index (χ2v) is 6.08. The van der Waals surface area contributed by atoms with Gasteiger partial charge in [-0.25, -0.2) is 22.7 Å².